The van der Waals surface area contributed by atoms with E-state index in [1.807, 2.05) is 17.0 Å². The van der Waals surface area contributed by atoms with Crippen LogP contribution in [0, 0.1) is 5.92 Å². The molecule has 23 heavy (non-hydrogen) atoms. The lowest BCUT2D eigenvalue weighted by Gasteiger charge is -2.28. The van der Waals surface area contributed by atoms with E-state index in [0.717, 1.165) is 63.6 Å². The normalized spacial score (nSPS) is 23.5. The second-order valence-corrected chi connectivity index (χ2v) is 6.93. The van der Waals surface area contributed by atoms with E-state index in [1.54, 1.807) is 0 Å². The predicted octanol–water partition coefficient (Wildman–Crippen LogP) is 2.80. The number of rotatable bonds is 3. The number of ether oxygens (including phenoxy) is 1. The SMILES string of the molecule is O=C([C@@H]1CCCOC1)N1CCCN(Cc2ccc(Cl)cc2)CC1. The van der Waals surface area contributed by atoms with Gasteiger partial charge in [-0.25, -0.2) is 0 Å². The summed E-state index contributed by atoms with van der Waals surface area (Å²) in [5.74, 6) is 0.365. The molecular weight excluding hydrogens is 312 g/mol. The van der Waals surface area contributed by atoms with Crippen LogP contribution in [-0.4, -0.2) is 55.1 Å². The fourth-order valence-electron chi connectivity index (χ4n) is 3.39. The maximum atomic E-state index is 12.6. The number of hydrogen-bond donors (Lipinski definition) is 0. The molecule has 2 aliphatic heterocycles. The first kappa shape index (κ1) is 16.7. The van der Waals surface area contributed by atoms with Crippen molar-refractivity contribution in [3.05, 3.63) is 34.9 Å². The van der Waals surface area contributed by atoms with Crippen molar-refractivity contribution in [1.82, 2.24) is 9.80 Å². The zero-order valence-corrected chi connectivity index (χ0v) is 14.3. The Morgan fingerprint density at radius 3 is 2.70 bits per heavy atom. The van der Waals surface area contributed by atoms with Gasteiger partial charge in [-0.2, -0.15) is 0 Å². The molecule has 0 N–H and O–H groups in total. The van der Waals surface area contributed by atoms with Gasteiger partial charge >= 0.3 is 0 Å². The Labute approximate surface area is 143 Å². The van der Waals surface area contributed by atoms with Crippen LogP contribution < -0.4 is 0 Å². The molecule has 2 heterocycles. The quantitative estimate of drug-likeness (QED) is 0.851. The van der Waals surface area contributed by atoms with Gasteiger partial charge in [0.2, 0.25) is 5.91 Å². The van der Waals surface area contributed by atoms with Gasteiger partial charge in [-0.1, -0.05) is 23.7 Å². The van der Waals surface area contributed by atoms with Crippen LogP contribution in [0.15, 0.2) is 24.3 Å². The van der Waals surface area contributed by atoms with E-state index in [1.165, 1.54) is 5.56 Å². The molecule has 3 rings (SSSR count). The largest absolute Gasteiger partial charge is 0.381 e. The first-order chi connectivity index (χ1) is 11.2. The van der Waals surface area contributed by atoms with Crippen LogP contribution in [0.3, 0.4) is 0 Å². The van der Waals surface area contributed by atoms with Crippen molar-refractivity contribution in [1.29, 1.82) is 0 Å². The number of hydrogen-bond acceptors (Lipinski definition) is 3. The molecule has 0 aliphatic carbocycles. The van der Waals surface area contributed by atoms with Gasteiger partial charge in [0, 0.05) is 44.4 Å². The van der Waals surface area contributed by atoms with E-state index >= 15 is 0 Å². The van der Waals surface area contributed by atoms with Gasteiger partial charge in [0.05, 0.1) is 12.5 Å². The molecule has 1 atom stereocenters. The zero-order chi connectivity index (χ0) is 16.1. The van der Waals surface area contributed by atoms with Crippen molar-refractivity contribution < 1.29 is 9.53 Å². The molecule has 2 fully saturated rings. The predicted molar refractivity (Wildman–Crippen MR) is 91.5 cm³/mol. The van der Waals surface area contributed by atoms with Gasteiger partial charge < -0.3 is 9.64 Å². The van der Waals surface area contributed by atoms with Crippen molar-refractivity contribution in [2.75, 3.05) is 39.4 Å². The third-order valence-electron chi connectivity index (χ3n) is 4.73. The van der Waals surface area contributed by atoms with E-state index < -0.39 is 0 Å². The van der Waals surface area contributed by atoms with Crippen LogP contribution >= 0.6 is 11.6 Å². The third-order valence-corrected chi connectivity index (χ3v) is 4.98. The molecule has 1 aromatic carbocycles. The summed E-state index contributed by atoms with van der Waals surface area (Å²) < 4.78 is 5.47. The van der Waals surface area contributed by atoms with Crippen molar-refractivity contribution in [2.24, 2.45) is 5.92 Å². The smallest absolute Gasteiger partial charge is 0.228 e. The van der Waals surface area contributed by atoms with Crippen LogP contribution in [0.1, 0.15) is 24.8 Å². The van der Waals surface area contributed by atoms with Gasteiger partial charge in [0.25, 0.3) is 0 Å². The Bertz CT molecular complexity index is 514. The number of benzene rings is 1. The van der Waals surface area contributed by atoms with E-state index in [-0.39, 0.29) is 11.8 Å². The summed E-state index contributed by atoms with van der Waals surface area (Å²) in [6.07, 6.45) is 3.02. The molecule has 0 radical (unpaired) electrons. The van der Waals surface area contributed by atoms with Crippen LogP contribution in [0.25, 0.3) is 0 Å². The number of carbonyl (C=O) groups excluding carboxylic acids is 1. The van der Waals surface area contributed by atoms with Crippen LogP contribution in [0.4, 0.5) is 0 Å². The topological polar surface area (TPSA) is 32.8 Å². The average molecular weight is 337 g/mol. The summed E-state index contributed by atoms with van der Waals surface area (Å²) >= 11 is 5.94. The van der Waals surface area contributed by atoms with Gasteiger partial charge in [-0.05, 0) is 37.0 Å². The lowest BCUT2D eigenvalue weighted by atomic mass is 10.0. The van der Waals surface area contributed by atoms with Crippen molar-refractivity contribution in [3.63, 3.8) is 0 Å². The van der Waals surface area contributed by atoms with Crippen molar-refractivity contribution in [2.45, 2.75) is 25.8 Å². The number of nitrogens with zero attached hydrogens (tertiary/aromatic N) is 2. The van der Waals surface area contributed by atoms with Crippen LogP contribution in [0.2, 0.25) is 5.02 Å². The minimum absolute atomic E-state index is 0.0755. The Morgan fingerprint density at radius 2 is 1.96 bits per heavy atom. The first-order valence-electron chi connectivity index (χ1n) is 8.56. The summed E-state index contributed by atoms with van der Waals surface area (Å²) in [7, 11) is 0. The molecule has 2 saturated heterocycles. The molecule has 5 heteroatoms. The van der Waals surface area contributed by atoms with Gasteiger partial charge in [0.1, 0.15) is 0 Å². The molecule has 0 saturated carbocycles. The summed E-state index contributed by atoms with van der Waals surface area (Å²) in [6.45, 7) is 5.99. The number of halogens is 1. The maximum absolute atomic E-state index is 12.6. The monoisotopic (exact) mass is 336 g/mol. The molecule has 2 aliphatic rings. The molecule has 0 unspecified atom stereocenters. The van der Waals surface area contributed by atoms with E-state index in [2.05, 4.69) is 17.0 Å². The minimum Gasteiger partial charge on any atom is -0.381 e. The van der Waals surface area contributed by atoms with E-state index in [0.29, 0.717) is 6.61 Å². The highest BCUT2D eigenvalue weighted by Gasteiger charge is 2.27. The molecule has 0 bridgehead atoms. The van der Waals surface area contributed by atoms with Gasteiger partial charge in [-0.3, -0.25) is 9.69 Å². The van der Waals surface area contributed by atoms with Crippen molar-refractivity contribution in [3.8, 4) is 0 Å². The molecular formula is C18H25ClN2O2. The van der Waals surface area contributed by atoms with Gasteiger partial charge in [-0.15, -0.1) is 0 Å². The first-order valence-corrected chi connectivity index (χ1v) is 8.93. The second kappa shape index (κ2) is 8.13. The van der Waals surface area contributed by atoms with E-state index in [4.69, 9.17) is 16.3 Å². The molecule has 1 amide bonds. The maximum Gasteiger partial charge on any atom is 0.228 e. The Morgan fingerprint density at radius 1 is 1.13 bits per heavy atom. The fourth-order valence-corrected chi connectivity index (χ4v) is 3.52. The van der Waals surface area contributed by atoms with Crippen LogP contribution in [-0.2, 0) is 16.1 Å². The molecule has 1 aromatic rings. The lowest BCUT2D eigenvalue weighted by molar-refractivity contribution is -0.139. The lowest BCUT2D eigenvalue weighted by Crippen LogP contribution is -2.41. The second-order valence-electron chi connectivity index (χ2n) is 6.50. The Balaban J connectivity index is 1.52. The Kier molecular flexibility index (Phi) is 5.92. The average Bonchev–Trinajstić information content (AvgIpc) is 2.83. The van der Waals surface area contributed by atoms with Crippen molar-refractivity contribution >= 4 is 17.5 Å². The number of amides is 1. The Hall–Kier alpha value is -1.10. The highest BCUT2D eigenvalue weighted by atomic mass is 35.5. The fraction of sp³-hybridized carbons (Fsp3) is 0.611. The summed E-state index contributed by atoms with van der Waals surface area (Å²) in [4.78, 5) is 17.1. The summed E-state index contributed by atoms with van der Waals surface area (Å²) in [5.41, 5.74) is 1.27. The standard InChI is InChI=1S/C18H25ClN2O2/c19-17-6-4-15(5-7-17)13-20-8-2-9-21(11-10-20)18(22)16-3-1-12-23-14-16/h4-7,16H,1-3,8-14H2/t16-/m1/s1. The highest BCUT2D eigenvalue weighted by molar-refractivity contribution is 6.30. The summed E-state index contributed by atoms with van der Waals surface area (Å²) in [5, 5.41) is 0.774. The molecule has 4 nitrogen and oxygen atoms in total. The molecule has 126 valence electrons. The van der Waals surface area contributed by atoms with Crippen LogP contribution in [0.5, 0.6) is 0 Å². The summed E-state index contributed by atoms with van der Waals surface area (Å²) in [6, 6.07) is 8.03. The molecule has 0 aromatic heterocycles. The minimum atomic E-state index is 0.0755. The molecule has 0 spiro atoms. The zero-order valence-electron chi connectivity index (χ0n) is 13.5. The third kappa shape index (κ3) is 4.69. The van der Waals surface area contributed by atoms with E-state index in [9.17, 15) is 4.79 Å². The van der Waals surface area contributed by atoms with Gasteiger partial charge in [0.15, 0.2) is 0 Å². The number of carbonyl (C=O) groups is 1. The highest BCUT2D eigenvalue weighted by Crippen LogP contribution is 2.18.